The van der Waals surface area contributed by atoms with Crippen LogP contribution >= 0.6 is 0 Å². The molecule has 1 heterocycles. The molecule has 0 fully saturated rings. The maximum atomic E-state index is 12.0. The number of pyridine rings is 1. The third-order valence-electron chi connectivity index (χ3n) is 2.95. The van der Waals surface area contributed by atoms with Crippen LogP contribution < -0.4 is 5.32 Å². The minimum absolute atomic E-state index is 0.260. The van der Waals surface area contributed by atoms with Crippen molar-refractivity contribution < 1.29 is 14.3 Å². The van der Waals surface area contributed by atoms with Gasteiger partial charge in [0.25, 0.3) is 5.91 Å². The van der Waals surface area contributed by atoms with Gasteiger partial charge in [-0.2, -0.15) is 0 Å². The molecule has 0 saturated heterocycles. The number of methoxy groups -OCH3 is 1. The largest absolute Gasteiger partial charge is 0.465 e. The van der Waals surface area contributed by atoms with E-state index >= 15 is 0 Å². The minimum Gasteiger partial charge on any atom is -0.465 e. The van der Waals surface area contributed by atoms with Gasteiger partial charge in [-0.15, -0.1) is 0 Å². The lowest BCUT2D eigenvalue weighted by Gasteiger charge is -2.06. The van der Waals surface area contributed by atoms with Crippen molar-refractivity contribution in [3.63, 3.8) is 0 Å². The molecule has 0 aliphatic rings. The molecule has 0 spiro atoms. The lowest BCUT2D eigenvalue weighted by atomic mass is 10.1. The number of hydrogen-bond acceptors (Lipinski definition) is 4. The highest BCUT2D eigenvalue weighted by Gasteiger charge is 2.10. The summed E-state index contributed by atoms with van der Waals surface area (Å²) in [5, 5.41) is 2.79. The molecule has 1 aromatic carbocycles. The van der Waals surface area contributed by atoms with Gasteiger partial charge in [-0.3, -0.25) is 9.78 Å². The monoisotopic (exact) mass is 284 g/mol. The van der Waals surface area contributed by atoms with Gasteiger partial charge in [0, 0.05) is 12.7 Å². The number of hydrogen-bond donors (Lipinski definition) is 1. The first kappa shape index (κ1) is 14.7. The second kappa shape index (κ2) is 6.65. The Labute approximate surface area is 123 Å². The highest BCUT2D eigenvalue weighted by molar-refractivity contribution is 5.94. The molecule has 21 heavy (non-hydrogen) atoms. The number of ether oxygens (including phenoxy) is 1. The number of aryl methyl sites for hydroxylation is 1. The van der Waals surface area contributed by atoms with Crippen molar-refractivity contribution in [1.29, 1.82) is 0 Å². The highest BCUT2D eigenvalue weighted by atomic mass is 16.5. The first-order valence-corrected chi connectivity index (χ1v) is 6.48. The molecular formula is C16H16N2O3. The third kappa shape index (κ3) is 3.89. The van der Waals surface area contributed by atoms with Crippen molar-refractivity contribution in [2.75, 3.05) is 7.11 Å². The number of benzene rings is 1. The smallest absolute Gasteiger partial charge is 0.339 e. The fourth-order valence-electron chi connectivity index (χ4n) is 1.86. The molecule has 108 valence electrons. The van der Waals surface area contributed by atoms with Gasteiger partial charge in [0.1, 0.15) is 5.69 Å². The van der Waals surface area contributed by atoms with Crippen molar-refractivity contribution in [3.8, 4) is 0 Å². The van der Waals surface area contributed by atoms with Gasteiger partial charge in [-0.1, -0.05) is 29.8 Å². The molecule has 1 amide bonds. The average molecular weight is 284 g/mol. The van der Waals surface area contributed by atoms with E-state index in [1.807, 2.05) is 31.2 Å². The maximum absolute atomic E-state index is 12.0. The first-order valence-electron chi connectivity index (χ1n) is 6.48. The Kier molecular flexibility index (Phi) is 4.66. The van der Waals surface area contributed by atoms with Gasteiger partial charge in [0.05, 0.1) is 12.7 Å². The summed E-state index contributed by atoms with van der Waals surface area (Å²) in [7, 11) is 1.30. The van der Waals surface area contributed by atoms with Gasteiger partial charge >= 0.3 is 5.97 Å². The second-order valence-electron chi connectivity index (χ2n) is 4.60. The summed E-state index contributed by atoms with van der Waals surface area (Å²) < 4.78 is 4.57. The van der Waals surface area contributed by atoms with Crippen LogP contribution in [0.5, 0.6) is 0 Å². The Morgan fingerprint density at radius 2 is 2.05 bits per heavy atom. The van der Waals surface area contributed by atoms with E-state index in [1.54, 1.807) is 0 Å². The zero-order chi connectivity index (χ0) is 15.2. The summed E-state index contributed by atoms with van der Waals surface area (Å²) >= 11 is 0. The SMILES string of the molecule is COC(=O)c1ccc(C(=O)NCc2cccc(C)c2)nc1. The van der Waals surface area contributed by atoms with Crippen molar-refractivity contribution in [2.45, 2.75) is 13.5 Å². The number of carbonyl (C=O) groups excluding carboxylic acids is 2. The van der Waals surface area contributed by atoms with Crippen LogP contribution in [0.25, 0.3) is 0 Å². The Bertz CT molecular complexity index is 651. The first-order chi connectivity index (χ1) is 10.1. The van der Waals surface area contributed by atoms with Crippen molar-refractivity contribution in [3.05, 3.63) is 65.0 Å². The Balaban J connectivity index is 1.99. The fourth-order valence-corrected chi connectivity index (χ4v) is 1.86. The molecule has 0 aliphatic carbocycles. The number of rotatable bonds is 4. The number of carbonyl (C=O) groups is 2. The summed E-state index contributed by atoms with van der Waals surface area (Å²) in [5.74, 6) is -0.762. The zero-order valence-electron chi connectivity index (χ0n) is 11.9. The summed E-state index contributed by atoms with van der Waals surface area (Å²) in [6.45, 7) is 2.43. The van der Waals surface area contributed by atoms with Crippen LogP contribution in [0.1, 0.15) is 32.0 Å². The molecule has 2 rings (SSSR count). The summed E-state index contributed by atoms with van der Waals surface area (Å²) in [4.78, 5) is 27.2. The molecule has 1 aromatic heterocycles. The van der Waals surface area contributed by atoms with E-state index < -0.39 is 5.97 Å². The number of esters is 1. The standard InChI is InChI=1S/C16H16N2O3/c1-11-4-3-5-12(8-11)9-18-15(19)14-7-6-13(10-17-14)16(20)21-2/h3-8,10H,9H2,1-2H3,(H,18,19). The normalized spacial score (nSPS) is 10.0. The highest BCUT2D eigenvalue weighted by Crippen LogP contribution is 2.05. The molecule has 0 aliphatic heterocycles. The number of nitrogens with one attached hydrogen (secondary N) is 1. The van der Waals surface area contributed by atoms with E-state index in [0.717, 1.165) is 11.1 Å². The van der Waals surface area contributed by atoms with E-state index in [1.165, 1.54) is 25.4 Å². The van der Waals surface area contributed by atoms with Crippen molar-refractivity contribution >= 4 is 11.9 Å². The maximum Gasteiger partial charge on any atom is 0.339 e. The summed E-state index contributed by atoms with van der Waals surface area (Å²) in [5.41, 5.74) is 2.74. The second-order valence-corrected chi connectivity index (χ2v) is 4.60. The van der Waals surface area contributed by atoms with Crippen LogP contribution in [0.15, 0.2) is 42.6 Å². The van der Waals surface area contributed by atoms with Crippen LogP contribution in [0.4, 0.5) is 0 Å². The predicted octanol–water partition coefficient (Wildman–Crippen LogP) is 2.11. The molecular weight excluding hydrogens is 268 g/mol. The molecule has 0 radical (unpaired) electrons. The Morgan fingerprint density at radius 3 is 2.67 bits per heavy atom. The summed E-state index contributed by atoms with van der Waals surface area (Å²) in [6.07, 6.45) is 1.33. The number of aromatic nitrogens is 1. The fraction of sp³-hybridized carbons (Fsp3) is 0.188. The Hall–Kier alpha value is -2.69. The Morgan fingerprint density at radius 1 is 1.24 bits per heavy atom. The van der Waals surface area contributed by atoms with Gasteiger partial charge in [-0.25, -0.2) is 4.79 Å². The quantitative estimate of drug-likeness (QED) is 0.873. The predicted molar refractivity (Wildman–Crippen MR) is 77.9 cm³/mol. The number of amides is 1. The van der Waals surface area contributed by atoms with E-state index in [9.17, 15) is 9.59 Å². The van der Waals surface area contributed by atoms with Gasteiger partial charge < -0.3 is 10.1 Å². The zero-order valence-corrected chi connectivity index (χ0v) is 11.9. The van der Waals surface area contributed by atoms with E-state index in [0.29, 0.717) is 12.1 Å². The van der Waals surface area contributed by atoms with Crippen LogP contribution in [-0.4, -0.2) is 24.0 Å². The van der Waals surface area contributed by atoms with Gasteiger partial charge in [-0.05, 0) is 24.6 Å². The van der Waals surface area contributed by atoms with Crippen molar-refractivity contribution in [1.82, 2.24) is 10.3 Å². The molecule has 2 aromatic rings. The topological polar surface area (TPSA) is 68.3 Å². The van der Waals surface area contributed by atoms with Crippen LogP contribution in [0.3, 0.4) is 0 Å². The van der Waals surface area contributed by atoms with E-state index in [-0.39, 0.29) is 11.6 Å². The van der Waals surface area contributed by atoms with Crippen LogP contribution in [0, 0.1) is 6.92 Å². The lowest BCUT2D eigenvalue weighted by molar-refractivity contribution is 0.0599. The third-order valence-corrected chi connectivity index (χ3v) is 2.95. The molecule has 5 nitrogen and oxygen atoms in total. The van der Waals surface area contributed by atoms with Gasteiger partial charge in [0.15, 0.2) is 0 Å². The number of nitrogens with zero attached hydrogens (tertiary/aromatic N) is 1. The average Bonchev–Trinajstić information content (AvgIpc) is 2.52. The molecule has 0 atom stereocenters. The minimum atomic E-state index is -0.478. The van der Waals surface area contributed by atoms with Gasteiger partial charge in [0.2, 0.25) is 0 Å². The van der Waals surface area contributed by atoms with E-state index in [2.05, 4.69) is 15.0 Å². The molecule has 0 saturated carbocycles. The van der Waals surface area contributed by atoms with E-state index in [4.69, 9.17) is 0 Å². The van der Waals surface area contributed by atoms with Crippen molar-refractivity contribution in [2.24, 2.45) is 0 Å². The van der Waals surface area contributed by atoms with Crippen LogP contribution in [0.2, 0.25) is 0 Å². The molecule has 0 bridgehead atoms. The van der Waals surface area contributed by atoms with Crippen LogP contribution in [-0.2, 0) is 11.3 Å². The molecule has 0 unspecified atom stereocenters. The molecule has 5 heteroatoms. The molecule has 1 N–H and O–H groups in total. The lowest BCUT2D eigenvalue weighted by Crippen LogP contribution is -2.24. The summed E-state index contributed by atoms with van der Waals surface area (Å²) in [6, 6.07) is 10.9.